The van der Waals surface area contributed by atoms with Crippen molar-refractivity contribution in [2.75, 3.05) is 31.6 Å². The lowest BCUT2D eigenvalue weighted by atomic mass is 10.1. The van der Waals surface area contributed by atoms with E-state index in [1.807, 2.05) is 10.9 Å². The Morgan fingerprint density at radius 1 is 1.23 bits per heavy atom. The van der Waals surface area contributed by atoms with Crippen LogP contribution in [0.3, 0.4) is 0 Å². The highest BCUT2D eigenvalue weighted by molar-refractivity contribution is 5.64. The van der Waals surface area contributed by atoms with Gasteiger partial charge in [-0.1, -0.05) is 6.42 Å². The van der Waals surface area contributed by atoms with E-state index in [0.717, 1.165) is 24.5 Å². The molecule has 0 bridgehead atoms. The van der Waals surface area contributed by atoms with E-state index in [2.05, 4.69) is 15.3 Å². The summed E-state index contributed by atoms with van der Waals surface area (Å²) < 4.78 is 7.30. The van der Waals surface area contributed by atoms with Crippen molar-refractivity contribution in [3.8, 4) is 5.75 Å². The van der Waals surface area contributed by atoms with Crippen LogP contribution in [0.2, 0.25) is 0 Å². The third-order valence-corrected chi connectivity index (χ3v) is 4.47. The van der Waals surface area contributed by atoms with Crippen molar-refractivity contribution in [2.45, 2.75) is 32.7 Å². The number of hydrogen-bond donors (Lipinski definition) is 1. The standard InChI is InChI=1S/C18H25N5O3/c1-2-26-18-12-15(6-7-17(18)23(24)25)20-16-13-19-22(14-16)11-10-21-8-4-3-5-9-21/h6-7,12-14,20H,2-5,8-11H2,1H3. The highest BCUT2D eigenvalue weighted by Gasteiger charge is 2.15. The monoisotopic (exact) mass is 359 g/mol. The molecule has 1 aliphatic heterocycles. The minimum Gasteiger partial charge on any atom is -0.487 e. The topological polar surface area (TPSA) is 85.5 Å². The number of nitrogens with zero attached hydrogens (tertiary/aromatic N) is 4. The molecule has 2 aromatic rings. The minimum atomic E-state index is -0.437. The van der Waals surface area contributed by atoms with Gasteiger partial charge in [0.15, 0.2) is 5.75 Å². The van der Waals surface area contributed by atoms with Crippen molar-refractivity contribution in [2.24, 2.45) is 0 Å². The molecule has 0 amide bonds. The van der Waals surface area contributed by atoms with Gasteiger partial charge in [-0.3, -0.25) is 14.8 Å². The second-order valence-electron chi connectivity index (χ2n) is 6.39. The smallest absolute Gasteiger partial charge is 0.311 e. The largest absolute Gasteiger partial charge is 0.487 e. The Morgan fingerprint density at radius 3 is 2.77 bits per heavy atom. The molecule has 0 saturated carbocycles. The first kappa shape index (κ1) is 18.2. The lowest BCUT2D eigenvalue weighted by molar-refractivity contribution is -0.385. The molecule has 1 aromatic heterocycles. The molecule has 1 fully saturated rings. The zero-order valence-electron chi connectivity index (χ0n) is 15.1. The molecule has 2 heterocycles. The summed E-state index contributed by atoms with van der Waals surface area (Å²) in [5.74, 6) is 0.264. The van der Waals surface area contributed by atoms with Crippen molar-refractivity contribution >= 4 is 17.1 Å². The number of anilines is 2. The van der Waals surface area contributed by atoms with Crippen LogP contribution in [0.15, 0.2) is 30.6 Å². The van der Waals surface area contributed by atoms with Crippen molar-refractivity contribution in [3.63, 3.8) is 0 Å². The van der Waals surface area contributed by atoms with Gasteiger partial charge in [0.1, 0.15) is 0 Å². The summed E-state index contributed by atoms with van der Waals surface area (Å²) in [4.78, 5) is 13.1. The predicted molar refractivity (Wildman–Crippen MR) is 100 cm³/mol. The molecule has 0 unspecified atom stereocenters. The van der Waals surface area contributed by atoms with Gasteiger partial charge in [-0.15, -0.1) is 0 Å². The van der Waals surface area contributed by atoms with Crippen LogP contribution in [0.4, 0.5) is 17.1 Å². The fraction of sp³-hybridized carbons (Fsp3) is 0.500. The maximum atomic E-state index is 11.1. The van der Waals surface area contributed by atoms with Crippen LogP contribution in [-0.4, -0.2) is 45.8 Å². The number of nitro benzene ring substituents is 1. The SMILES string of the molecule is CCOc1cc(Nc2cnn(CCN3CCCCC3)c2)ccc1[N+](=O)[O-]. The molecule has 1 saturated heterocycles. The van der Waals surface area contributed by atoms with Gasteiger partial charge in [-0.25, -0.2) is 0 Å². The first-order valence-corrected chi connectivity index (χ1v) is 9.09. The van der Waals surface area contributed by atoms with Gasteiger partial charge in [0, 0.05) is 30.6 Å². The van der Waals surface area contributed by atoms with Crippen LogP contribution in [0.5, 0.6) is 5.75 Å². The maximum Gasteiger partial charge on any atom is 0.311 e. The molecule has 140 valence electrons. The Morgan fingerprint density at radius 2 is 2.04 bits per heavy atom. The van der Waals surface area contributed by atoms with E-state index in [1.54, 1.807) is 25.3 Å². The van der Waals surface area contributed by atoms with Gasteiger partial charge in [0.25, 0.3) is 0 Å². The van der Waals surface area contributed by atoms with Crippen LogP contribution in [-0.2, 0) is 6.54 Å². The number of likely N-dealkylation sites (tertiary alicyclic amines) is 1. The molecule has 1 aromatic carbocycles. The van der Waals surface area contributed by atoms with Crippen molar-refractivity contribution < 1.29 is 9.66 Å². The predicted octanol–water partition coefficient (Wildman–Crippen LogP) is 3.42. The van der Waals surface area contributed by atoms with Crippen LogP contribution in [0.25, 0.3) is 0 Å². The Bertz CT molecular complexity index is 740. The lowest BCUT2D eigenvalue weighted by Crippen LogP contribution is -2.32. The highest BCUT2D eigenvalue weighted by Crippen LogP contribution is 2.31. The number of rotatable bonds is 8. The second kappa shape index (κ2) is 8.66. The number of piperidine rings is 1. The molecule has 0 radical (unpaired) electrons. The minimum absolute atomic E-state index is 0.0328. The Balaban J connectivity index is 1.61. The van der Waals surface area contributed by atoms with Crippen molar-refractivity contribution in [1.82, 2.24) is 14.7 Å². The molecule has 0 spiro atoms. The fourth-order valence-electron chi connectivity index (χ4n) is 3.16. The molecule has 3 rings (SSSR count). The normalized spacial score (nSPS) is 15.0. The van der Waals surface area contributed by atoms with Gasteiger partial charge in [-0.2, -0.15) is 5.10 Å². The average Bonchev–Trinajstić information content (AvgIpc) is 3.08. The van der Waals surface area contributed by atoms with Gasteiger partial charge in [0.2, 0.25) is 0 Å². The molecular formula is C18H25N5O3. The van der Waals surface area contributed by atoms with Crippen LogP contribution in [0, 0.1) is 10.1 Å². The molecule has 8 heteroatoms. The van der Waals surface area contributed by atoms with E-state index in [1.165, 1.54) is 38.4 Å². The van der Waals surface area contributed by atoms with E-state index in [4.69, 9.17) is 4.74 Å². The van der Waals surface area contributed by atoms with Gasteiger partial charge >= 0.3 is 5.69 Å². The zero-order chi connectivity index (χ0) is 18.4. The van der Waals surface area contributed by atoms with Crippen LogP contribution in [0.1, 0.15) is 26.2 Å². The molecular weight excluding hydrogens is 334 g/mol. The van der Waals surface area contributed by atoms with Gasteiger partial charge < -0.3 is 15.0 Å². The summed E-state index contributed by atoms with van der Waals surface area (Å²) in [5.41, 5.74) is 1.55. The van der Waals surface area contributed by atoms with E-state index in [0.29, 0.717) is 6.61 Å². The first-order valence-electron chi connectivity index (χ1n) is 9.09. The number of nitro groups is 1. The average molecular weight is 359 g/mol. The van der Waals surface area contributed by atoms with Crippen molar-refractivity contribution in [1.29, 1.82) is 0 Å². The number of ether oxygens (including phenoxy) is 1. The Hall–Kier alpha value is -2.61. The number of nitrogens with one attached hydrogen (secondary N) is 1. The molecule has 1 N–H and O–H groups in total. The molecule has 8 nitrogen and oxygen atoms in total. The van der Waals surface area contributed by atoms with E-state index < -0.39 is 4.92 Å². The van der Waals surface area contributed by atoms with Crippen LogP contribution < -0.4 is 10.1 Å². The number of benzene rings is 1. The van der Waals surface area contributed by atoms with E-state index in [-0.39, 0.29) is 11.4 Å². The Labute approximate surface area is 152 Å². The van der Waals surface area contributed by atoms with Crippen molar-refractivity contribution in [3.05, 3.63) is 40.7 Å². The summed E-state index contributed by atoms with van der Waals surface area (Å²) in [6.07, 6.45) is 7.62. The summed E-state index contributed by atoms with van der Waals surface area (Å²) in [5, 5.41) is 18.7. The second-order valence-corrected chi connectivity index (χ2v) is 6.39. The third-order valence-electron chi connectivity index (χ3n) is 4.47. The summed E-state index contributed by atoms with van der Waals surface area (Å²) in [6, 6.07) is 4.77. The van der Waals surface area contributed by atoms with Crippen LogP contribution >= 0.6 is 0 Å². The van der Waals surface area contributed by atoms with E-state index >= 15 is 0 Å². The zero-order valence-corrected chi connectivity index (χ0v) is 15.1. The Kier molecular flexibility index (Phi) is 6.06. The first-order chi connectivity index (χ1) is 12.7. The molecule has 1 aliphatic rings. The molecule has 0 aliphatic carbocycles. The van der Waals surface area contributed by atoms with E-state index in [9.17, 15) is 10.1 Å². The fourth-order valence-corrected chi connectivity index (χ4v) is 3.16. The molecule has 0 atom stereocenters. The number of hydrogen-bond acceptors (Lipinski definition) is 6. The summed E-state index contributed by atoms with van der Waals surface area (Å²) >= 11 is 0. The summed E-state index contributed by atoms with van der Waals surface area (Å²) in [7, 11) is 0. The lowest BCUT2D eigenvalue weighted by Gasteiger charge is -2.26. The highest BCUT2D eigenvalue weighted by atomic mass is 16.6. The number of aromatic nitrogens is 2. The molecule has 26 heavy (non-hydrogen) atoms. The van der Waals surface area contributed by atoms with Gasteiger partial charge in [0.05, 0.1) is 30.0 Å². The maximum absolute atomic E-state index is 11.1. The van der Waals surface area contributed by atoms with Gasteiger partial charge in [-0.05, 0) is 38.9 Å². The summed E-state index contributed by atoms with van der Waals surface area (Å²) in [6.45, 7) is 6.39. The quantitative estimate of drug-likeness (QED) is 0.574. The third kappa shape index (κ3) is 4.72.